The van der Waals surface area contributed by atoms with E-state index in [0.717, 1.165) is 22.2 Å². The monoisotopic (exact) mass is 401 g/mol. The minimum atomic E-state index is -0.281. The number of anilines is 3. The zero-order valence-corrected chi connectivity index (χ0v) is 16.9. The fourth-order valence-electron chi connectivity index (χ4n) is 3.64. The molecule has 0 spiro atoms. The van der Waals surface area contributed by atoms with Gasteiger partial charge in [-0.15, -0.1) is 0 Å². The summed E-state index contributed by atoms with van der Waals surface area (Å²) in [6.07, 6.45) is 0. The SMILES string of the molecule is CC(C)[C@H](Nc1c(Nc2ccccc2)c2ccccc2[nH]c1=O)c1ccc(F)cc1. The summed E-state index contributed by atoms with van der Waals surface area (Å²) < 4.78 is 13.4. The van der Waals surface area contributed by atoms with E-state index in [2.05, 4.69) is 29.5 Å². The number of rotatable bonds is 6. The number of benzene rings is 3. The Labute approximate surface area is 174 Å². The van der Waals surface area contributed by atoms with Crippen LogP contribution < -0.4 is 16.2 Å². The van der Waals surface area contributed by atoms with Gasteiger partial charge in [0.2, 0.25) is 0 Å². The summed E-state index contributed by atoms with van der Waals surface area (Å²) >= 11 is 0. The first-order chi connectivity index (χ1) is 14.5. The lowest BCUT2D eigenvalue weighted by atomic mass is 9.95. The second-order valence-electron chi connectivity index (χ2n) is 7.66. The van der Waals surface area contributed by atoms with Gasteiger partial charge in [0.05, 0.1) is 17.2 Å². The van der Waals surface area contributed by atoms with Crippen molar-refractivity contribution in [2.24, 2.45) is 5.92 Å². The van der Waals surface area contributed by atoms with Crippen molar-refractivity contribution in [1.29, 1.82) is 0 Å². The summed E-state index contributed by atoms with van der Waals surface area (Å²) in [4.78, 5) is 16.0. The molecule has 0 radical (unpaired) electrons. The summed E-state index contributed by atoms with van der Waals surface area (Å²) in [7, 11) is 0. The van der Waals surface area contributed by atoms with Crippen LogP contribution in [0.2, 0.25) is 0 Å². The lowest BCUT2D eigenvalue weighted by Gasteiger charge is -2.26. The second-order valence-corrected chi connectivity index (χ2v) is 7.66. The third-order valence-electron chi connectivity index (χ3n) is 5.16. The Bertz CT molecular complexity index is 1200. The second kappa shape index (κ2) is 8.41. The predicted octanol–water partition coefficient (Wildman–Crippen LogP) is 6.22. The van der Waals surface area contributed by atoms with Crippen molar-refractivity contribution in [2.75, 3.05) is 10.6 Å². The van der Waals surface area contributed by atoms with Crippen LogP contribution in [-0.2, 0) is 0 Å². The standard InChI is InChI=1S/C25H24FN3O/c1-16(2)22(17-12-14-18(26)15-13-17)29-24-23(27-19-8-4-3-5-9-19)20-10-6-7-11-21(20)28-25(24)30/h3-16,22,29H,1-2H3,(H2,27,28,30)/t22-/m0/s1. The molecule has 0 aliphatic rings. The number of para-hydroxylation sites is 2. The van der Waals surface area contributed by atoms with Crippen LogP contribution in [0.5, 0.6) is 0 Å². The molecule has 0 saturated heterocycles. The lowest BCUT2D eigenvalue weighted by Crippen LogP contribution is -2.23. The molecule has 4 aromatic rings. The van der Waals surface area contributed by atoms with Crippen LogP contribution in [0.1, 0.15) is 25.5 Å². The summed E-state index contributed by atoms with van der Waals surface area (Å²) in [5.74, 6) is -0.109. The van der Waals surface area contributed by atoms with E-state index < -0.39 is 0 Å². The van der Waals surface area contributed by atoms with Gasteiger partial charge in [0.25, 0.3) is 5.56 Å². The van der Waals surface area contributed by atoms with Crippen molar-refractivity contribution >= 4 is 28.0 Å². The van der Waals surface area contributed by atoms with E-state index in [9.17, 15) is 9.18 Å². The highest BCUT2D eigenvalue weighted by molar-refractivity contribution is 5.99. The zero-order valence-electron chi connectivity index (χ0n) is 16.9. The van der Waals surface area contributed by atoms with Gasteiger partial charge in [0.15, 0.2) is 0 Å². The number of aromatic nitrogens is 1. The molecule has 4 nitrogen and oxygen atoms in total. The Balaban J connectivity index is 1.84. The summed E-state index contributed by atoms with van der Waals surface area (Å²) in [6, 6.07) is 23.7. The lowest BCUT2D eigenvalue weighted by molar-refractivity contribution is 0.544. The number of aromatic amines is 1. The molecule has 0 bridgehead atoms. The van der Waals surface area contributed by atoms with Gasteiger partial charge in [-0.3, -0.25) is 4.79 Å². The van der Waals surface area contributed by atoms with Gasteiger partial charge in [-0.05, 0) is 41.8 Å². The van der Waals surface area contributed by atoms with Crippen molar-refractivity contribution in [3.05, 3.63) is 101 Å². The average molecular weight is 401 g/mol. The van der Waals surface area contributed by atoms with E-state index in [0.29, 0.717) is 11.4 Å². The maximum absolute atomic E-state index is 13.4. The van der Waals surface area contributed by atoms with Gasteiger partial charge >= 0.3 is 0 Å². The predicted molar refractivity (Wildman–Crippen MR) is 122 cm³/mol. The van der Waals surface area contributed by atoms with Crippen LogP contribution in [0, 0.1) is 11.7 Å². The molecular weight excluding hydrogens is 377 g/mol. The maximum atomic E-state index is 13.4. The summed E-state index contributed by atoms with van der Waals surface area (Å²) in [6.45, 7) is 4.14. The van der Waals surface area contributed by atoms with Gasteiger partial charge in [-0.1, -0.05) is 62.4 Å². The normalized spacial score (nSPS) is 12.1. The molecule has 1 heterocycles. The molecule has 30 heavy (non-hydrogen) atoms. The first-order valence-corrected chi connectivity index (χ1v) is 10.0. The number of pyridine rings is 1. The van der Waals surface area contributed by atoms with E-state index in [1.165, 1.54) is 12.1 Å². The molecule has 0 amide bonds. The van der Waals surface area contributed by atoms with Crippen molar-refractivity contribution in [1.82, 2.24) is 4.98 Å². The molecule has 1 atom stereocenters. The fourth-order valence-corrected chi connectivity index (χ4v) is 3.64. The Morgan fingerprint density at radius 1 is 0.833 bits per heavy atom. The molecular formula is C25H24FN3O. The third kappa shape index (κ3) is 4.06. The molecule has 0 saturated carbocycles. The van der Waals surface area contributed by atoms with E-state index in [-0.39, 0.29) is 23.3 Å². The highest BCUT2D eigenvalue weighted by Crippen LogP contribution is 2.34. The van der Waals surface area contributed by atoms with Crippen molar-refractivity contribution in [3.8, 4) is 0 Å². The van der Waals surface area contributed by atoms with Crippen LogP contribution in [-0.4, -0.2) is 4.98 Å². The van der Waals surface area contributed by atoms with Crippen LogP contribution in [0.3, 0.4) is 0 Å². The van der Waals surface area contributed by atoms with Crippen LogP contribution in [0.15, 0.2) is 83.7 Å². The van der Waals surface area contributed by atoms with E-state index in [4.69, 9.17) is 0 Å². The molecule has 0 unspecified atom stereocenters. The quantitative estimate of drug-likeness (QED) is 0.359. The Kier molecular flexibility index (Phi) is 5.53. The molecule has 152 valence electrons. The molecule has 3 aromatic carbocycles. The van der Waals surface area contributed by atoms with Crippen LogP contribution >= 0.6 is 0 Å². The van der Waals surface area contributed by atoms with Gasteiger partial charge < -0.3 is 15.6 Å². The molecule has 0 aliphatic carbocycles. The Morgan fingerprint density at radius 3 is 2.20 bits per heavy atom. The number of hydrogen-bond acceptors (Lipinski definition) is 3. The van der Waals surface area contributed by atoms with Crippen molar-refractivity contribution in [2.45, 2.75) is 19.9 Å². The molecule has 1 aromatic heterocycles. The van der Waals surface area contributed by atoms with E-state index in [1.54, 1.807) is 12.1 Å². The first kappa shape index (κ1) is 19.7. The number of halogens is 1. The number of fused-ring (bicyclic) bond motifs is 1. The van der Waals surface area contributed by atoms with Gasteiger partial charge in [-0.25, -0.2) is 4.39 Å². The van der Waals surface area contributed by atoms with Crippen LogP contribution in [0.25, 0.3) is 10.9 Å². The third-order valence-corrected chi connectivity index (χ3v) is 5.16. The zero-order chi connectivity index (χ0) is 21.1. The highest BCUT2D eigenvalue weighted by atomic mass is 19.1. The maximum Gasteiger partial charge on any atom is 0.273 e. The molecule has 0 aliphatic heterocycles. The minimum absolute atomic E-state index is 0.163. The summed E-state index contributed by atoms with van der Waals surface area (Å²) in [5, 5.41) is 7.76. The average Bonchev–Trinajstić information content (AvgIpc) is 2.75. The smallest absolute Gasteiger partial charge is 0.273 e. The Morgan fingerprint density at radius 2 is 1.50 bits per heavy atom. The fraction of sp³-hybridized carbons (Fsp3) is 0.160. The first-order valence-electron chi connectivity index (χ1n) is 10.0. The number of H-pyrrole nitrogens is 1. The number of nitrogens with one attached hydrogen (secondary N) is 3. The minimum Gasteiger partial charge on any atom is -0.372 e. The topological polar surface area (TPSA) is 56.9 Å². The molecule has 4 rings (SSSR count). The molecule has 0 fully saturated rings. The van der Waals surface area contributed by atoms with Crippen molar-refractivity contribution < 1.29 is 4.39 Å². The van der Waals surface area contributed by atoms with Gasteiger partial charge in [0, 0.05) is 11.1 Å². The van der Waals surface area contributed by atoms with Crippen molar-refractivity contribution in [3.63, 3.8) is 0 Å². The molecule has 3 N–H and O–H groups in total. The van der Waals surface area contributed by atoms with Gasteiger partial charge in [-0.2, -0.15) is 0 Å². The Hall–Kier alpha value is -3.60. The van der Waals surface area contributed by atoms with Gasteiger partial charge in [0.1, 0.15) is 11.5 Å². The highest BCUT2D eigenvalue weighted by Gasteiger charge is 2.21. The van der Waals surface area contributed by atoms with Crippen LogP contribution in [0.4, 0.5) is 21.5 Å². The van der Waals surface area contributed by atoms with E-state index in [1.807, 2.05) is 54.6 Å². The van der Waals surface area contributed by atoms with E-state index >= 15 is 0 Å². The largest absolute Gasteiger partial charge is 0.372 e. The molecule has 5 heteroatoms. The summed E-state index contributed by atoms with van der Waals surface area (Å²) in [5.41, 5.74) is 3.53. The number of hydrogen-bond donors (Lipinski definition) is 3.